The molecule has 1 aromatic heterocycles. The Balaban J connectivity index is 1.75. The number of methoxy groups -OCH3 is 1. The van der Waals surface area contributed by atoms with E-state index >= 15 is 0 Å². The first-order valence-corrected chi connectivity index (χ1v) is 7.60. The molecule has 1 aliphatic heterocycles. The number of nitriles is 1. The number of H-pyrrole nitrogens is 1. The van der Waals surface area contributed by atoms with Crippen LogP contribution >= 0.6 is 0 Å². The summed E-state index contributed by atoms with van der Waals surface area (Å²) < 4.78 is 5.13. The molecule has 2 heterocycles. The Labute approximate surface area is 134 Å². The van der Waals surface area contributed by atoms with Gasteiger partial charge in [0, 0.05) is 18.7 Å². The fraction of sp³-hybridized carbons (Fsp3) is 0.353. The van der Waals surface area contributed by atoms with Crippen molar-refractivity contribution in [3.63, 3.8) is 0 Å². The van der Waals surface area contributed by atoms with E-state index in [2.05, 4.69) is 16.3 Å². The lowest BCUT2D eigenvalue weighted by atomic mass is 9.99. The van der Waals surface area contributed by atoms with Gasteiger partial charge in [-0.3, -0.25) is 9.89 Å². The Morgan fingerprint density at radius 1 is 1.43 bits per heavy atom. The molecule has 6 heteroatoms. The van der Waals surface area contributed by atoms with E-state index in [1.54, 1.807) is 18.1 Å². The van der Waals surface area contributed by atoms with Gasteiger partial charge in [-0.05, 0) is 43.2 Å². The standard InChI is InChI=1S/C17H18N4O2/c1-23-14-6-4-13(5-7-14)15-9-16(20-19-15)17(22)21-8-2-3-12(10-18)11-21/h4-7,9,12H,2-3,8,11H2,1H3,(H,19,20)/t12-/m1/s1. The SMILES string of the molecule is COc1ccc(-c2cc(C(=O)N3CCC[C@H](C#N)C3)[nH]n2)cc1. The number of aromatic amines is 1. The number of hydrogen-bond donors (Lipinski definition) is 1. The first kappa shape index (κ1) is 15.1. The number of hydrogen-bond acceptors (Lipinski definition) is 4. The predicted octanol–water partition coefficient (Wildman–Crippen LogP) is 2.46. The summed E-state index contributed by atoms with van der Waals surface area (Å²) in [4.78, 5) is 14.3. The second-order valence-electron chi connectivity index (χ2n) is 5.61. The van der Waals surface area contributed by atoms with Crippen LogP contribution in [0.25, 0.3) is 11.3 Å². The molecular formula is C17H18N4O2. The lowest BCUT2D eigenvalue weighted by Crippen LogP contribution is -2.39. The molecule has 1 amide bonds. The van der Waals surface area contributed by atoms with Gasteiger partial charge in [0.1, 0.15) is 11.4 Å². The number of piperidine rings is 1. The fourth-order valence-electron chi connectivity index (χ4n) is 2.78. The van der Waals surface area contributed by atoms with Crippen LogP contribution in [0.4, 0.5) is 0 Å². The van der Waals surface area contributed by atoms with Crippen LogP contribution in [0.1, 0.15) is 23.3 Å². The molecule has 1 N–H and O–H groups in total. The Hall–Kier alpha value is -2.81. The van der Waals surface area contributed by atoms with Crippen LogP contribution in [0.15, 0.2) is 30.3 Å². The van der Waals surface area contributed by atoms with Gasteiger partial charge >= 0.3 is 0 Å². The second-order valence-corrected chi connectivity index (χ2v) is 5.61. The molecule has 2 aromatic rings. The van der Waals surface area contributed by atoms with Crippen molar-refractivity contribution < 1.29 is 9.53 Å². The quantitative estimate of drug-likeness (QED) is 0.944. The van der Waals surface area contributed by atoms with Gasteiger partial charge in [0.2, 0.25) is 0 Å². The van der Waals surface area contributed by atoms with E-state index in [1.807, 2.05) is 24.3 Å². The number of nitrogens with one attached hydrogen (secondary N) is 1. The highest BCUT2D eigenvalue weighted by atomic mass is 16.5. The monoisotopic (exact) mass is 310 g/mol. The molecule has 1 aromatic carbocycles. The highest BCUT2D eigenvalue weighted by Gasteiger charge is 2.25. The van der Waals surface area contributed by atoms with Crippen LogP contribution < -0.4 is 4.74 Å². The van der Waals surface area contributed by atoms with Gasteiger partial charge in [0.05, 0.1) is 24.8 Å². The normalized spacial score (nSPS) is 17.6. The van der Waals surface area contributed by atoms with E-state index < -0.39 is 0 Å². The number of rotatable bonds is 3. The van der Waals surface area contributed by atoms with E-state index in [4.69, 9.17) is 10.00 Å². The summed E-state index contributed by atoms with van der Waals surface area (Å²) in [5, 5.41) is 16.1. The molecule has 23 heavy (non-hydrogen) atoms. The number of aromatic nitrogens is 2. The lowest BCUT2D eigenvalue weighted by Gasteiger charge is -2.29. The molecular weight excluding hydrogens is 292 g/mol. The molecule has 0 unspecified atom stereocenters. The van der Waals surface area contributed by atoms with E-state index in [-0.39, 0.29) is 11.8 Å². The summed E-state index contributed by atoms with van der Waals surface area (Å²) in [7, 11) is 1.62. The van der Waals surface area contributed by atoms with Crippen LogP contribution in [-0.4, -0.2) is 41.2 Å². The van der Waals surface area contributed by atoms with Crippen molar-refractivity contribution in [2.24, 2.45) is 5.92 Å². The van der Waals surface area contributed by atoms with Gasteiger partial charge in [0.15, 0.2) is 0 Å². The minimum absolute atomic E-state index is 0.0725. The Morgan fingerprint density at radius 2 is 2.22 bits per heavy atom. The zero-order valence-corrected chi connectivity index (χ0v) is 13.0. The highest BCUT2D eigenvalue weighted by Crippen LogP contribution is 2.22. The topological polar surface area (TPSA) is 82.0 Å². The number of amides is 1. The van der Waals surface area contributed by atoms with E-state index in [0.29, 0.717) is 24.5 Å². The summed E-state index contributed by atoms with van der Waals surface area (Å²) in [5.74, 6) is 0.602. The summed E-state index contributed by atoms with van der Waals surface area (Å²) >= 11 is 0. The molecule has 6 nitrogen and oxygen atoms in total. The van der Waals surface area contributed by atoms with Crippen molar-refractivity contribution in [3.05, 3.63) is 36.0 Å². The van der Waals surface area contributed by atoms with Crippen molar-refractivity contribution in [2.45, 2.75) is 12.8 Å². The number of nitrogens with zero attached hydrogens (tertiary/aromatic N) is 3. The van der Waals surface area contributed by atoms with Crippen molar-refractivity contribution in [2.75, 3.05) is 20.2 Å². The summed E-state index contributed by atoms with van der Waals surface area (Å²) in [6, 6.07) is 11.5. The van der Waals surface area contributed by atoms with Crippen molar-refractivity contribution in [1.29, 1.82) is 5.26 Å². The zero-order valence-electron chi connectivity index (χ0n) is 13.0. The third kappa shape index (κ3) is 3.19. The molecule has 3 rings (SSSR count). The smallest absolute Gasteiger partial charge is 0.271 e. The molecule has 1 saturated heterocycles. The van der Waals surface area contributed by atoms with Gasteiger partial charge in [-0.2, -0.15) is 10.4 Å². The van der Waals surface area contributed by atoms with Crippen molar-refractivity contribution in [3.8, 4) is 23.1 Å². The van der Waals surface area contributed by atoms with Gasteiger partial charge in [-0.25, -0.2) is 0 Å². The fourth-order valence-corrected chi connectivity index (χ4v) is 2.78. The summed E-state index contributed by atoms with van der Waals surface area (Å²) in [6.45, 7) is 1.18. The van der Waals surface area contributed by atoms with Gasteiger partial charge in [0.25, 0.3) is 5.91 Å². The maximum atomic E-state index is 12.5. The Kier molecular flexibility index (Phi) is 4.29. The molecule has 1 aliphatic rings. The van der Waals surface area contributed by atoms with Crippen molar-refractivity contribution in [1.82, 2.24) is 15.1 Å². The van der Waals surface area contributed by atoms with Gasteiger partial charge in [-0.15, -0.1) is 0 Å². The average molecular weight is 310 g/mol. The van der Waals surface area contributed by atoms with Crippen LogP contribution in [0.5, 0.6) is 5.75 Å². The van der Waals surface area contributed by atoms with Crippen molar-refractivity contribution >= 4 is 5.91 Å². The largest absolute Gasteiger partial charge is 0.497 e. The van der Waals surface area contributed by atoms with E-state index in [9.17, 15) is 4.79 Å². The predicted molar refractivity (Wildman–Crippen MR) is 84.8 cm³/mol. The minimum Gasteiger partial charge on any atom is -0.497 e. The molecule has 0 aliphatic carbocycles. The molecule has 0 bridgehead atoms. The number of likely N-dealkylation sites (tertiary alicyclic amines) is 1. The minimum atomic E-state index is -0.0998. The van der Waals surface area contributed by atoms with Crippen LogP contribution in [-0.2, 0) is 0 Å². The van der Waals surface area contributed by atoms with E-state index in [0.717, 1.165) is 24.2 Å². The zero-order chi connectivity index (χ0) is 16.2. The third-order valence-corrected chi connectivity index (χ3v) is 4.09. The number of carbonyl (C=O) groups is 1. The lowest BCUT2D eigenvalue weighted by molar-refractivity contribution is 0.0693. The first-order valence-electron chi connectivity index (χ1n) is 7.60. The van der Waals surface area contributed by atoms with Crippen LogP contribution in [0.3, 0.4) is 0 Å². The summed E-state index contributed by atoms with van der Waals surface area (Å²) in [5.41, 5.74) is 2.08. The third-order valence-electron chi connectivity index (χ3n) is 4.09. The summed E-state index contributed by atoms with van der Waals surface area (Å²) in [6.07, 6.45) is 1.73. The van der Waals surface area contributed by atoms with Gasteiger partial charge < -0.3 is 9.64 Å². The molecule has 1 atom stereocenters. The van der Waals surface area contributed by atoms with Gasteiger partial charge in [-0.1, -0.05) is 0 Å². The van der Waals surface area contributed by atoms with Crippen LogP contribution in [0.2, 0.25) is 0 Å². The van der Waals surface area contributed by atoms with Crippen LogP contribution in [0, 0.1) is 17.2 Å². The molecule has 118 valence electrons. The number of benzene rings is 1. The first-order chi connectivity index (χ1) is 11.2. The second kappa shape index (κ2) is 6.53. The molecule has 0 radical (unpaired) electrons. The number of carbonyl (C=O) groups excluding carboxylic acids is 1. The Bertz CT molecular complexity index is 730. The average Bonchev–Trinajstić information content (AvgIpc) is 3.11. The Morgan fingerprint density at radius 3 is 2.91 bits per heavy atom. The maximum absolute atomic E-state index is 12.5. The highest BCUT2D eigenvalue weighted by molar-refractivity contribution is 5.93. The molecule has 1 fully saturated rings. The molecule has 0 saturated carbocycles. The number of ether oxygens (including phenoxy) is 1. The molecule has 0 spiro atoms. The maximum Gasteiger partial charge on any atom is 0.271 e. The van der Waals surface area contributed by atoms with E-state index in [1.165, 1.54) is 0 Å².